The number of rotatable bonds is 0. The minimum Gasteiger partial charge on any atom is -0.393 e. The lowest BCUT2D eigenvalue weighted by molar-refractivity contribution is -0.0671. The fourth-order valence-electron chi connectivity index (χ4n) is 3.20. The van der Waals surface area contributed by atoms with Crippen LogP contribution in [0.5, 0.6) is 0 Å². The molecule has 3 atom stereocenters. The van der Waals surface area contributed by atoms with Crippen molar-refractivity contribution in [3.05, 3.63) is 0 Å². The molecule has 0 unspecified atom stereocenters. The van der Waals surface area contributed by atoms with Gasteiger partial charge in [0.25, 0.3) is 0 Å². The summed E-state index contributed by atoms with van der Waals surface area (Å²) in [4.78, 5) is 0. The SMILES string of the molecule is CC1(C)[C@@H]2CCNC[C@H]2CC[C@@H]1O. The van der Waals surface area contributed by atoms with Gasteiger partial charge in [-0.1, -0.05) is 13.8 Å². The molecular weight excluding hydrogens is 162 g/mol. The fourth-order valence-corrected chi connectivity index (χ4v) is 3.20. The average Bonchev–Trinajstić information content (AvgIpc) is 2.13. The van der Waals surface area contributed by atoms with Crippen molar-refractivity contribution in [3.8, 4) is 0 Å². The minimum absolute atomic E-state index is 0.0770. The van der Waals surface area contributed by atoms with Gasteiger partial charge in [0.05, 0.1) is 6.10 Å². The zero-order valence-corrected chi connectivity index (χ0v) is 8.71. The number of aliphatic hydroxyl groups is 1. The summed E-state index contributed by atoms with van der Waals surface area (Å²) in [5, 5.41) is 13.4. The van der Waals surface area contributed by atoms with E-state index in [1.807, 2.05) is 0 Å². The van der Waals surface area contributed by atoms with Crippen molar-refractivity contribution in [1.82, 2.24) is 5.32 Å². The third-order valence-corrected chi connectivity index (χ3v) is 4.23. The average molecular weight is 183 g/mol. The van der Waals surface area contributed by atoms with Gasteiger partial charge >= 0.3 is 0 Å². The molecule has 0 aromatic rings. The molecule has 0 spiro atoms. The summed E-state index contributed by atoms with van der Waals surface area (Å²) >= 11 is 0. The molecular formula is C11H21NO. The van der Waals surface area contributed by atoms with Crippen molar-refractivity contribution < 1.29 is 5.11 Å². The lowest BCUT2D eigenvalue weighted by Crippen LogP contribution is -2.51. The van der Waals surface area contributed by atoms with Crippen molar-refractivity contribution in [2.45, 2.75) is 39.2 Å². The van der Waals surface area contributed by atoms with E-state index in [0.29, 0.717) is 0 Å². The minimum atomic E-state index is -0.0770. The van der Waals surface area contributed by atoms with Crippen LogP contribution in [0, 0.1) is 17.3 Å². The number of fused-ring (bicyclic) bond motifs is 1. The Morgan fingerprint density at radius 1 is 1.23 bits per heavy atom. The van der Waals surface area contributed by atoms with E-state index < -0.39 is 0 Å². The van der Waals surface area contributed by atoms with Crippen molar-refractivity contribution in [1.29, 1.82) is 0 Å². The van der Waals surface area contributed by atoms with E-state index in [-0.39, 0.29) is 11.5 Å². The normalized spacial score (nSPS) is 44.1. The van der Waals surface area contributed by atoms with Crippen molar-refractivity contribution in [2.24, 2.45) is 17.3 Å². The first-order chi connectivity index (χ1) is 6.12. The van der Waals surface area contributed by atoms with E-state index in [9.17, 15) is 5.11 Å². The number of piperidine rings is 1. The second-order valence-corrected chi connectivity index (χ2v) is 5.27. The Hall–Kier alpha value is -0.0800. The first-order valence-corrected chi connectivity index (χ1v) is 5.51. The predicted octanol–water partition coefficient (Wildman–Crippen LogP) is 1.39. The molecule has 2 nitrogen and oxygen atoms in total. The number of nitrogens with one attached hydrogen (secondary N) is 1. The maximum absolute atomic E-state index is 9.96. The second kappa shape index (κ2) is 3.25. The van der Waals surface area contributed by atoms with Crippen molar-refractivity contribution >= 4 is 0 Å². The Balaban J connectivity index is 2.14. The quantitative estimate of drug-likeness (QED) is 0.595. The van der Waals surface area contributed by atoms with E-state index in [2.05, 4.69) is 19.2 Å². The highest BCUT2D eigenvalue weighted by molar-refractivity contribution is 4.96. The van der Waals surface area contributed by atoms with E-state index >= 15 is 0 Å². The van der Waals surface area contributed by atoms with Crippen LogP contribution in [0.1, 0.15) is 33.1 Å². The summed E-state index contributed by atoms with van der Waals surface area (Å²) in [5.74, 6) is 1.55. The summed E-state index contributed by atoms with van der Waals surface area (Å²) in [6.07, 6.45) is 3.37. The summed E-state index contributed by atoms with van der Waals surface area (Å²) in [6, 6.07) is 0. The predicted molar refractivity (Wildman–Crippen MR) is 53.5 cm³/mol. The summed E-state index contributed by atoms with van der Waals surface area (Å²) in [7, 11) is 0. The molecule has 2 N–H and O–H groups in total. The maximum atomic E-state index is 9.96. The monoisotopic (exact) mass is 183 g/mol. The molecule has 0 bridgehead atoms. The van der Waals surface area contributed by atoms with Crippen LogP contribution < -0.4 is 5.32 Å². The third kappa shape index (κ3) is 1.50. The van der Waals surface area contributed by atoms with Gasteiger partial charge in [-0.05, 0) is 49.6 Å². The summed E-state index contributed by atoms with van der Waals surface area (Å²) < 4.78 is 0. The van der Waals surface area contributed by atoms with Crippen LogP contribution in [0.4, 0.5) is 0 Å². The Morgan fingerprint density at radius 2 is 2.00 bits per heavy atom. The Bertz CT molecular complexity index is 191. The zero-order chi connectivity index (χ0) is 9.47. The highest BCUT2D eigenvalue weighted by Gasteiger charge is 2.45. The van der Waals surface area contributed by atoms with Crippen LogP contribution in [-0.4, -0.2) is 24.3 Å². The van der Waals surface area contributed by atoms with Gasteiger partial charge in [0, 0.05) is 0 Å². The molecule has 0 aromatic heterocycles. The van der Waals surface area contributed by atoms with Crippen LogP contribution >= 0.6 is 0 Å². The molecule has 0 radical (unpaired) electrons. The van der Waals surface area contributed by atoms with Crippen LogP contribution in [-0.2, 0) is 0 Å². The van der Waals surface area contributed by atoms with Gasteiger partial charge in [-0.2, -0.15) is 0 Å². The molecule has 13 heavy (non-hydrogen) atoms. The lowest BCUT2D eigenvalue weighted by atomic mass is 9.60. The standard InChI is InChI=1S/C11H21NO/c1-11(2)9-5-6-12-7-8(9)3-4-10(11)13/h8-10,12-13H,3-7H2,1-2H3/t8-,9-,10+/m1/s1. The molecule has 1 aliphatic carbocycles. The van der Waals surface area contributed by atoms with Crippen LogP contribution in [0.15, 0.2) is 0 Å². The number of hydrogen-bond donors (Lipinski definition) is 2. The maximum Gasteiger partial charge on any atom is 0.0594 e. The second-order valence-electron chi connectivity index (χ2n) is 5.27. The van der Waals surface area contributed by atoms with E-state index in [0.717, 1.165) is 24.8 Å². The Kier molecular flexibility index (Phi) is 2.37. The number of aliphatic hydroxyl groups excluding tert-OH is 1. The molecule has 1 saturated carbocycles. The Labute approximate surface area is 80.7 Å². The molecule has 2 aliphatic rings. The molecule has 2 rings (SSSR count). The smallest absolute Gasteiger partial charge is 0.0594 e. The first-order valence-electron chi connectivity index (χ1n) is 5.51. The first kappa shape index (κ1) is 9.47. The van der Waals surface area contributed by atoms with Gasteiger partial charge in [-0.15, -0.1) is 0 Å². The van der Waals surface area contributed by atoms with Gasteiger partial charge in [0.15, 0.2) is 0 Å². The summed E-state index contributed by atoms with van der Waals surface area (Å²) in [6.45, 7) is 6.78. The highest BCUT2D eigenvalue weighted by atomic mass is 16.3. The van der Waals surface area contributed by atoms with Crippen LogP contribution in [0.25, 0.3) is 0 Å². The van der Waals surface area contributed by atoms with E-state index in [1.165, 1.54) is 19.4 Å². The van der Waals surface area contributed by atoms with Gasteiger partial charge in [0.1, 0.15) is 0 Å². The van der Waals surface area contributed by atoms with Gasteiger partial charge in [0.2, 0.25) is 0 Å². The fraction of sp³-hybridized carbons (Fsp3) is 1.00. The third-order valence-electron chi connectivity index (χ3n) is 4.23. The van der Waals surface area contributed by atoms with Crippen LogP contribution in [0.2, 0.25) is 0 Å². The summed E-state index contributed by atoms with van der Waals surface area (Å²) in [5.41, 5.74) is 0.144. The Morgan fingerprint density at radius 3 is 2.77 bits per heavy atom. The van der Waals surface area contributed by atoms with E-state index in [1.54, 1.807) is 0 Å². The topological polar surface area (TPSA) is 32.3 Å². The van der Waals surface area contributed by atoms with Crippen molar-refractivity contribution in [2.75, 3.05) is 13.1 Å². The van der Waals surface area contributed by atoms with Gasteiger partial charge < -0.3 is 10.4 Å². The lowest BCUT2D eigenvalue weighted by Gasteiger charge is -2.49. The molecule has 2 fully saturated rings. The van der Waals surface area contributed by atoms with Crippen LogP contribution in [0.3, 0.4) is 0 Å². The molecule has 1 heterocycles. The molecule has 76 valence electrons. The molecule has 2 heteroatoms. The molecule has 0 aromatic carbocycles. The highest BCUT2D eigenvalue weighted by Crippen LogP contribution is 2.46. The largest absolute Gasteiger partial charge is 0.393 e. The van der Waals surface area contributed by atoms with Crippen molar-refractivity contribution in [3.63, 3.8) is 0 Å². The molecule has 0 amide bonds. The van der Waals surface area contributed by atoms with E-state index in [4.69, 9.17) is 0 Å². The van der Waals surface area contributed by atoms with Gasteiger partial charge in [-0.25, -0.2) is 0 Å². The number of hydrogen-bond acceptors (Lipinski definition) is 2. The molecule has 1 aliphatic heterocycles. The van der Waals surface area contributed by atoms with Gasteiger partial charge in [-0.3, -0.25) is 0 Å². The zero-order valence-electron chi connectivity index (χ0n) is 8.71. The molecule has 1 saturated heterocycles.